The van der Waals surface area contributed by atoms with Gasteiger partial charge in [-0.15, -0.1) is 0 Å². The van der Waals surface area contributed by atoms with Crippen molar-refractivity contribution in [1.82, 2.24) is 4.90 Å². The molecule has 2 heterocycles. The third-order valence-corrected chi connectivity index (χ3v) is 8.29. The van der Waals surface area contributed by atoms with Gasteiger partial charge in [0.15, 0.2) is 0 Å². The summed E-state index contributed by atoms with van der Waals surface area (Å²) in [5.41, 5.74) is 0.176. The smallest absolute Gasteiger partial charge is 0.0982 e. The zero-order chi connectivity index (χ0) is 18.1. The van der Waals surface area contributed by atoms with Crippen molar-refractivity contribution in [1.29, 1.82) is 0 Å². The Morgan fingerprint density at radius 2 is 1.41 bits per heavy atom. The monoisotopic (exact) mass is 369 g/mol. The Bertz CT molecular complexity index is 563. The van der Waals surface area contributed by atoms with Crippen LogP contribution in [0.5, 0.6) is 0 Å². The van der Waals surface area contributed by atoms with Gasteiger partial charge in [0.1, 0.15) is 0 Å². The molecule has 2 aliphatic heterocycles. The maximum Gasteiger partial charge on any atom is 0.0982 e. The molecule has 2 bridgehead atoms. The minimum absolute atomic E-state index is 0.176. The van der Waals surface area contributed by atoms with E-state index in [0.29, 0.717) is 12.1 Å². The van der Waals surface area contributed by atoms with Gasteiger partial charge >= 0.3 is 0 Å². The summed E-state index contributed by atoms with van der Waals surface area (Å²) in [4.78, 5) is 2.98. The molecule has 0 amide bonds. The third-order valence-electron chi connectivity index (χ3n) is 8.29. The Hall–Kier alpha value is -0.760. The molecule has 0 aromatic rings. The van der Waals surface area contributed by atoms with Gasteiger partial charge in [-0.05, 0) is 63.4 Å². The normalized spacial score (nSPS) is 36.7. The van der Waals surface area contributed by atoms with Gasteiger partial charge < -0.3 is 4.74 Å². The molecule has 150 valence electrons. The molecule has 3 aliphatic carbocycles. The van der Waals surface area contributed by atoms with E-state index in [1.165, 1.54) is 102 Å². The predicted molar refractivity (Wildman–Crippen MR) is 112 cm³/mol. The summed E-state index contributed by atoms with van der Waals surface area (Å²) in [5, 5.41) is 0. The molecule has 3 fully saturated rings. The molecule has 0 N–H and O–H groups in total. The van der Waals surface area contributed by atoms with Gasteiger partial charge in [0.25, 0.3) is 0 Å². The van der Waals surface area contributed by atoms with E-state index in [4.69, 9.17) is 4.74 Å². The Labute approximate surface area is 166 Å². The molecule has 0 aromatic carbocycles. The van der Waals surface area contributed by atoms with Gasteiger partial charge in [0, 0.05) is 18.5 Å². The van der Waals surface area contributed by atoms with E-state index in [2.05, 4.69) is 23.1 Å². The summed E-state index contributed by atoms with van der Waals surface area (Å²) in [7, 11) is 0. The Kier molecular flexibility index (Phi) is 5.37. The van der Waals surface area contributed by atoms with E-state index in [1.807, 2.05) is 0 Å². The van der Waals surface area contributed by atoms with Crippen LogP contribution in [0.4, 0.5) is 0 Å². The van der Waals surface area contributed by atoms with Crippen molar-refractivity contribution >= 4 is 0 Å². The minimum Gasteiger partial charge on any atom is -0.495 e. The second-order valence-corrected chi connectivity index (χ2v) is 10.0. The average molecular weight is 370 g/mol. The average Bonchev–Trinajstić information content (AvgIpc) is 2.98. The van der Waals surface area contributed by atoms with E-state index >= 15 is 0 Å². The van der Waals surface area contributed by atoms with Gasteiger partial charge in [-0.3, -0.25) is 4.90 Å². The van der Waals surface area contributed by atoms with Crippen LogP contribution in [0, 0.1) is 5.92 Å². The highest BCUT2D eigenvalue weighted by Crippen LogP contribution is 2.50. The second-order valence-electron chi connectivity index (χ2n) is 10.0. The van der Waals surface area contributed by atoms with Crippen LogP contribution in [0.2, 0.25) is 0 Å². The molecule has 2 heteroatoms. The van der Waals surface area contributed by atoms with Crippen LogP contribution in [0.25, 0.3) is 0 Å². The Morgan fingerprint density at radius 3 is 2.11 bits per heavy atom. The first-order chi connectivity index (χ1) is 13.4. The molecule has 0 spiro atoms. The first-order valence-electron chi connectivity index (χ1n) is 12.2. The number of nitrogens with zero attached hydrogens (tertiary/aromatic N) is 1. The highest BCUT2D eigenvalue weighted by molar-refractivity contribution is 5.36. The minimum atomic E-state index is 0.176. The first kappa shape index (κ1) is 18.3. The van der Waals surface area contributed by atoms with Gasteiger partial charge in [-0.1, -0.05) is 57.1 Å². The van der Waals surface area contributed by atoms with Crippen LogP contribution in [0.3, 0.4) is 0 Å². The lowest BCUT2D eigenvalue weighted by atomic mass is 9.71. The summed E-state index contributed by atoms with van der Waals surface area (Å²) < 4.78 is 6.66. The maximum absolute atomic E-state index is 6.66. The van der Waals surface area contributed by atoms with Gasteiger partial charge in [-0.2, -0.15) is 0 Å². The standard InChI is InChI=1S/C25H39NO/c1-4-10-20(11-5-1)25-17-16-22(26(25)21-12-6-2-7-13-21)18-24(19-25)27-23-14-8-3-9-15-23/h16-17,19-23H,1-15,18H2. The SMILES string of the molecule is C1=CC2(C3CCCCC3)C=C(OC3CCCCC3)CC1N2C1CCCCC1. The summed E-state index contributed by atoms with van der Waals surface area (Å²) >= 11 is 0. The van der Waals surface area contributed by atoms with Gasteiger partial charge in [-0.25, -0.2) is 0 Å². The zero-order valence-corrected chi connectivity index (χ0v) is 17.2. The number of hydrogen-bond donors (Lipinski definition) is 0. The fourth-order valence-corrected chi connectivity index (χ4v) is 7.00. The first-order valence-corrected chi connectivity index (χ1v) is 12.2. The summed E-state index contributed by atoms with van der Waals surface area (Å²) in [6.07, 6.45) is 30.4. The van der Waals surface area contributed by atoms with Gasteiger partial charge in [0.05, 0.1) is 17.4 Å². The highest BCUT2D eigenvalue weighted by atomic mass is 16.5. The fourth-order valence-electron chi connectivity index (χ4n) is 7.00. The topological polar surface area (TPSA) is 12.5 Å². The van der Waals surface area contributed by atoms with Crippen LogP contribution in [0.15, 0.2) is 24.0 Å². The van der Waals surface area contributed by atoms with Crippen molar-refractivity contribution in [2.24, 2.45) is 5.92 Å². The summed E-state index contributed by atoms with van der Waals surface area (Å²) in [6.45, 7) is 0. The largest absolute Gasteiger partial charge is 0.495 e. The molecule has 2 unspecified atom stereocenters. The third kappa shape index (κ3) is 3.52. The van der Waals surface area contributed by atoms with Crippen LogP contribution in [-0.4, -0.2) is 28.6 Å². The van der Waals surface area contributed by atoms with Crippen molar-refractivity contribution in [3.8, 4) is 0 Å². The summed E-state index contributed by atoms with van der Waals surface area (Å²) in [6, 6.07) is 1.40. The fraction of sp³-hybridized carbons (Fsp3) is 0.840. The van der Waals surface area contributed by atoms with E-state index in [0.717, 1.165) is 18.4 Å². The Morgan fingerprint density at radius 1 is 0.778 bits per heavy atom. The molecule has 3 saturated carbocycles. The Balaban J connectivity index is 1.42. The molecular weight excluding hydrogens is 330 g/mol. The quantitative estimate of drug-likeness (QED) is 0.523. The maximum atomic E-state index is 6.66. The molecule has 27 heavy (non-hydrogen) atoms. The highest BCUT2D eigenvalue weighted by Gasteiger charge is 2.52. The van der Waals surface area contributed by atoms with E-state index in [9.17, 15) is 0 Å². The van der Waals surface area contributed by atoms with Crippen molar-refractivity contribution in [2.75, 3.05) is 0 Å². The molecule has 5 aliphatic rings. The number of hydrogen-bond acceptors (Lipinski definition) is 2. The lowest BCUT2D eigenvalue weighted by Gasteiger charge is -2.53. The van der Waals surface area contributed by atoms with Crippen LogP contribution in [0.1, 0.15) is 103 Å². The molecule has 0 saturated heterocycles. The number of fused-ring (bicyclic) bond motifs is 2. The number of ether oxygens (including phenoxy) is 1. The zero-order valence-electron chi connectivity index (χ0n) is 17.2. The number of rotatable bonds is 4. The molecule has 2 nitrogen and oxygen atoms in total. The van der Waals surface area contributed by atoms with Crippen molar-refractivity contribution < 1.29 is 4.74 Å². The van der Waals surface area contributed by atoms with E-state index in [1.54, 1.807) is 0 Å². The van der Waals surface area contributed by atoms with Crippen LogP contribution >= 0.6 is 0 Å². The van der Waals surface area contributed by atoms with Crippen molar-refractivity contribution in [2.45, 2.75) is 126 Å². The molecule has 2 atom stereocenters. The van der Waals surface area contributed by atoms with Crippen LogP contribution < -0.4 is 0 Å². The van der Waals surface area contributed by atoms with Crippen molar-refractivity contribution in [3.63, 3.8) is 0 Å². The summed E-state index contributed by atoms with van der Waals surface area (Å²) in [5.74, 6) is 2.15. The second kappa shape index (κ2) is 7.93. The van der Waals surface area contributed by atoms with E-state index < -0.39 is 0 Å². The van der Waals surface area contributed by atoms with Crippen molar-refractivity contribution in [3.05, 3.63) is 24.0 Å². The van der Waals surface area contributed by atoms with E-state index in [-0.39, 0.29) is 5.54 Å². The predicted octanol–water partition coefficient (Wildman–Crippen LogP) is 6.52. The molecule has 5 rings (SSSR count). The van der Waals surface area contributed by atoms with Crippen LogP contribution in [-0.2, 0) is 4.74 Å². The molecular formula is C25H39NO. The lowest BCUT2D eigenvalue weighted by molar-refractivity contribution is -0.00589. The lowest BCUT2D eigenvalue weighted by Crippen LogP contribution is -2.59. The van der Waals surface area contributed by atoms with Gasteiger partial charge in [0.2, 0.25) is 0 Å². The molecule has 0 aromatic heterocycles. The molecule has 0 radical (unpaired) electrons.